The first-order chi connectivity index (χ1) is 19.3. The lowest BCUT2D eigenvalue weighted by atomic mass is 9.96. The summed E-state index contributed by atoms with van der Waals surface area (Å²) in [5, 5.41) is 15.6. The number of thiocarbonyl (C=S) groups is 1. The van der Waals surface area contributed by atoms with Gasteiger partial charge in [0, 0.05) is 35.8 Å². The van der Waals surface area contributed by atoms with E-state index in [9.17, 15) is 10.1 Å². The fraction of sp³-hybridized carbons (Fsp3) is 0.241. The Hall–Kier alpha value is -4.64. The van der Waals surface area contributed by atoms with Crippen molar-refractivity contribution in [3.8, 4) is 22.9 Å². The quantitative estimate of drug-likeness (QED) is 0.168. The monoisotopic (exact) mass is 559 g/mol. The Balaban J connectivity index is 1.73. The van der Waals surface area contributed by atoms with Crippen molar-refractivity contribution in [2.45, 2.75) is 25.9 Å². The van der Waals surface area contributed by atoms with Gasteiger partial charge in [0.1, 0.15) is 17.2 Å². The fourth-order valence-corrected chi connectivity index (χ4v) is 5.68. The van der Waals surface area contributed by atoms with E-state index in [0.717, 1.165) is 28.3 Å². The number of aryl methyl sites for hydroxylation is 1. The molecule has 0 bridgehead atoms. The summed E-state index contributed by atoms with van der Waals surface area (Å²) < 4.78 is 18.8. The van der Waals surface area contributed by atoms with Crippen molar-refractivity contribution in [1.29, 1.82) is 0 Å². The number of nitro benzene ring substituents is 1. The number of ether oxygens (including phenoxy) is 3. The van der Waals surface area contributed by atoms with Gasteiger partial charge in [-0.05, 0) is 68.0 Å². The molecule has 1 aliphatic rings. The van der Waals surface area contributed by atoms with Gasteiger partial charge in [0.2, 0.25) is 0 Å². The number of hydrogen-bond donors (Lipinski definition) is 1. The molecule has 0 amide bonds. The van der Waals surface area contributed by atoms with Gasteiger partial charge in [-0.2, -0.15) is 0 Å². The fourth-order valence-electron chi connectivity index (χ4n) is 5.34. The number of methoxy groups -OCH3 is 3. The van der Waals surface area contributed by atoms with Crippen LogP contribution in [0.25, 0.3) is 5.69 Å². The maximum absolute atomic E-state index is 11.6. The van der Waals surface area contributed by atoms with E-state index in [1.54, 1.807) is 33.6 Å². The Bertz CT molecular complexity index is 1590. The predicted molar refractivity (Wildman–Crippen MR) is 156 cm³/mol. The van der Waals surface area contributed by atoms with Gasteiger partial charge >= 0.3 is 0 Å². The third-order valence-electron chi connectivity index (χ3n) is 7.15. The zero-order valence-corrected chi connectivity index (χ0v) is 23.6. The van der Waals surface area contributed by atoms with Crippen LogP contribution in [0.2, 0.25) is 0 Å². The number of rotatable bonds is 8. The molecule has 40 heavy (non-hydrogen) atoms. The predicted octanol–water partition coefficient (Wildman–Crippen LogP) is 5.60. The van der Waals surface area contributed by atoms with Crippen LogP contribution < -0.4 is 24.4 Å². The Labute approximate surface area is 237 Å². The first kappa shape index (κ1) is 26.9. The number of benzene rings is 2. The molecule has 10 nitrogen and oxygen atoms in total. The number of nitro groups is 1. The molecule has 0 radical (unpaired) electrons. The van der Waals surface area contributed by atoms with Gasteiger partial charge in [-0.15, -0.1) is 0 Å². The molecule has 206 valence electrons. The highest BCUT2D eigenvalue weighted by molar-refractivity contribution is 7.80. The van der Waals surface area contributed by atoms with Crippen LogP contribution in [0, 0.1) is 24.0 Å². The molecule has 1 N–H and O–H groups in total. The highest BCUT2D eigenvalue weighted by atomic mass is 32.1. The summed E-state index contributed by atoms with van der Waals surface area (Å²) in [4.78, 5) is 17.9. The van der Waals surface area contributed by atoms with Crippen LogP contribution in [-0.4, -0.2) is 40.9 Å². The van der Waals surface area contributed by atoms with E-state index in [1.807, 2.05) is 59.7 Å². The number of hydrogen-bond acceptors (Lipinski definition) is 7. The van der Waals surface area contributed by atoms with E-state index in [0.29, 0.717) is 28.0 Å². The van der Waals surface area contributed by atoms with E-state index < -0.39 is 4.92 Å². The number of non-ortho nitro benzene ring substituents is 1. The normalized spacial score (nSPS) is 16.5. The highest BCUT2D eigenvalue weighted by Gasteiger charge is 2.43. The van der Waals surface area contributed by atoms with Crippen LogP contribution in [0.15, 0.2) is 66.9 Å². The Morgan fingerprint density at radius 1 is 0.950 bits per heavy atom. The SMILES string of the molecule is COc1ccc(N2C(=S)N[C@H](c3ccccn3)[C@H]2c2cc(C)n(-c3cc([N+](=O)[O-])ccc3OC)c2C)c(OC)c1. The van der Waals surface area contributed by atoms with Crippen molar-refractivity contribution >= 4 is 28.7 Å². The minimum atomic E-state index is -0.411. The minimum absolute atomic E-state index is 0.0236. The lowest BCUT2D eigenvalue weighted by molar-refractivity contribution is -0.384. The molecule has 2 aromatic heterocycles. The average Bonchev–Trinajstić information content (AvgIpc) is 3.46. The van der Waals surface area contributed by atoms with Crippen molar-refractivity contribution in [2.24, 2.45) is 0 Å². The first-order valence-corrected chi connectivity index (χ1v) is 12.9. The van der Waals surface area contributed by atoms with Crippen molar-refractivity contribution in [1.82, 2.24) is 14.9 Å². The standard InChI is InChI=1S/C29H29N5O5S/c1-17-14-21(18(2)32(17)24-15-19(34(35)36)9-12-25(24)38-4)28-27(22-8-6-7-13-30-22)31-29(40)33(28)23-11-10-20(37-3)16-26(23)39-5/h6-16,27-28H,1-5H3,(H,31,40)/t27-,28-/m1/s1. The van der Waals surface area contributed by atoms with Crippen LogP contribution in [0.4, 0.5) is 11.4 Å². The number of anilines is 1. The Kier molecular flexibility index (Phi) is 7.31. The summed E-state index contributed by atoms with van der Waals surface area (Å²) in [5.74, 6) is 1.78. The second kappa shape index (κ2) is 10.9. The van der Waals surface area contributed by atoms with Crippen LogP contribution in [0.3, 0.4) is 0 Å². The van der Waals surface area contributed by atoms with Crippen LogP contribution >= 0.6 is 12.2 Å². The summed E-state index contributed by atoms with van der Waals surface area (Å²) in [7, 11) is 4.76. The Morgan fingerprint density at radius 2 is 1.73 bits per heavy atom. The average molecular weight is 560 g/mol. The van der Waals surface area contributed by atoms with E-state index in [1.165, 1.54) is 12.1 Å². The molecular weight excluding hydrogens is 530 g/mol. The van der Waals surface area contributed by atoms with E-state index in [4.69, 9.17) is 26.4 Å². The molecule has 0 aliphatic carbocycles. The second-order valence-corrected chi connectivity index (χ2v) is 9.70. The molecule has 4 aromatic rings. The van der Waals surface area contributed by atoms with Crippen molar-refractivity contribution < 1.29 is 19.1 Å². The van der Waals surface area contributed by atoms with Crippen molar-refractivity contribution in [3.63, 3.8) is 0 Å². The van der Waals surface area contributed by atoms with Gasteiger partial charge in [-0.3, -0.25) is 15.1 Å². The highest BCUT2D eigenvalue weighted by Crippen LogP contribution is 2.47. The molecule has 1 aliphatic heterocycles. The summed E-state index contributed by atoms with van der Waals surface area (Å²) >= 11 is 5.91. The van der Waals surface area contributed by atoms with Crippen LogP contribution in [-0.2, 0) is 0 Å². The molecule has 2 aromatic carbocycles. The van der Waals surface area contributed by atoms with Crippen LogP contribution in [0.1, 0.15) is 34.7 Å². The van der Waals surface area contributed by atoms with Crippen LogP contribution in [0.5, 0.6) is 17.2 Å². The molecule has 2 atom stereocenters. The van der Waals surface area contributed by atoms with E-state index in [2.05, 4.69) is 16.4 Å². The lowest BCUT2D eigenvalue weighted by Crippen LogP contribution is -2.30. The molecule has 0 spiro atoms. The minimum Gasteiger partial charge on any atom is -0.497 e. The van der Waals surface area contributed by atoms with Gasteiger partial charge in [0.25, 0.3) is 5.69 Å². The van der Waals surface area contributed by atoms with Gasteiger partial charge in [-0.1, -0.05) is 6.07 Å². The summed E-state index contributed by atoms with van der Waals surface area (Å²) in [5.41, 5.74) is 4.87. The zero-order chi connectivity index (χ0) is 28.6. The number of nitrogens with one attached hydrogen (secondary N) is 1. The van der Waals surface area contributed by atoms with Gasteiger partial charge in [-0.25, -0.2) is 0 Å². The number of pyridine rings is 1. The third-order valence-corrected chi connectivity index (χ3v) is 7.46. The topological polar surface area (TPSA) is 104 Å². The molecule has 1 saturated heterocycles. The number of aromatic nitrogens is 2. The molecule has 3 heterocycles. The Morgan fingerprint density at radius 3 is 2.38 bits per heavy atom. The molecule has 0 saturated carbocycles. The third kappa shape index (κ3) is 4.58. The van der Waals surface area contributed by atoms with E-state index >= 15 is 0 Å². The number of nitrogens with zero attached hydrogens (tertiary/aromatic N) is 4. The summed E-state index contributed by atoms with van der Waals surface area (Å²) in [6.45, 7) is 3.95. The van der Waals surface area contributed by atoms with Gasteiger partial charge in [0.15, 0.2) is 5.11 Å². The maximum atomic E-state index is 11.6. The summed E-state index contributed by atoms with van der Waals surface area (Å²) in [6.07, 6.45) is 1.75. The van der Waals surface area contributed by atoms with Crippen molar-refractivity contribution in [3.05, 3.63) is 99.6 Å². The first-order valence-electron chi connectivity index (χ1n) is 12.5. The molecule has 11 heteroatoms. The van der Waals surface area contributed by atoms with Crippen molar-refractivity contribution in [2.75, 3.05) is 26.2 Å². The maximum Gasteiger partial charge on any atom is 0.271 e. The zero-order valence-electron chi connectivity index (χ0n) is 22.7. The molecule has 5 rings (SSSR count). The molecule has 0 unspecified atom stereocenters. The lowest BCUT2D eigenvalue weighted by Gasteiger charge is -2.29. The largest absolute Gasteiger partial charge is 0.497 e. The summed E-state index contributed by atoms with van der Waals surface area (Å²) in [6, 6.07) is 17.4. The van der Waals surface area contributed by atoms with Gasteiger partial charge < -0.3 is 29.0 Å². The molecular formula is C29H29N5O5S. The van der Waals surface area contributed by atoms with E-state index in [-0.39, 0.29) is 17.8 Å². The smallest absolute Gasteiger partial charge is 0.271 e. The van der Waals surface area contributed by atoms with Gasteiger partial charge in [0.05, 0.1) is 55.4 Å². The molecule has 1 fully saturated rings. The second-order valence-electron chi connectivity index (χ2n) is 9.31.